The molecule has 4 rings (SSSR count). The monoisotopic (exact) mass is 429 g/mol. The third-order valence-electron chi connectivity index (χ3n) is 5.85. The highest BCUT2D eigenvalue weighted by Gasteiger charge is 2.28. The van der Waals surface area contributed by atoms with E-state index in [9.17, 15) is 9.59 Å². The van der Waals surface area contributed by atoms with Crippen molar-refractivity contribution in [3.05, 3.63) is 95.1 Å². The van der Waals surface area contributed by atoms with Crippen LogP contribution < -0.4 is 5.32 Å². The molecule has 5 nitrogen and oxygen atoms in total. The second-order valence-corrected chi connectivity index (χ2v) is 8.05. The van der Waals surface area contributed by atoms with Crippen molar-refractivity contribution in [1.82, 2.24) is 5.32 Å². The van der Waals surface area contributed by atoms with Crippen molar-refractivity contribution in [2.75, 3.05) is 13.2 Å². The maximum atomic E-state index is 12.2. The van der Waals surface area contributed by atoms with Crippen molar-refractivity contribution >= 4 is 11.9 Å². The average molecular weight is 430 g/mol. The van der Waals surface area contributed by atoms with Crippen LogP contribution in [0.15, 0.2) is 72.8 Å². The third kappa shape index (κ3) is 5.06. The lowest BCUT2D eigenvalue weighted by molar-refractivity contribution is -0.118. The van der Waals surface area contributed by atoms with E-state index in [1.165, 1.54) is 22.3 Å². The number of carbonyl (C=O) groups excluding carboxylic acids is 2. The van der Waals surface area contributed by atoms with Crippen LogP contribution in [0.3, 0.4) is 0 Å². The number of fused-ring (bicyclic) bond motifs is 3. The molecule has 0 saturated carbocycles. The Bertz CT molecular complexity index is 1050. The molecule has 1 aliphatic rings. The zero-order valence-electron chi connectivity index (χ0n) is 17.9. The maximum Gasteiger partial charge on any atom is 0.407 e. The predicted octanol–water partition coefficient (Wildman–Crippen LogP) is 4.61. The summed E-state index contributed by atoms with van der Waals surface area (Å²) in [6, 6.07) is 23.8. The molecule has 0 spiro atoms. The maximum absolute atomic E-state index is 12.2. The van der Waals surface area contributed by atoms with Gasteiger partial charge in [0.15, 0.2) is 0 Å². The number of ketones is 1. The van der Waals surface area contributed by atoms with E-state index < -0.39 is 6.09 Å². The number of hydrogen-bond acceptors (Lipinski definition) is 4. The lowest BCUT2D eigenvalue weighted by Gasteiger charge is -2.14. The molecule has 0 atom stereocenters. The number of rotatable bonds is 9. The molecule has 0 radical (unpaired) electrons. The zero-order valence-corrected chi connectivity index (χ0v) is 17.9. The van der Waals surface area contributed by atoms with Crippen LogP contribution in [-0.2, 0) is 22.6 Å². The normalized spacial score (nSPS) is 12.2. The number of ether oxygens (including phenoxy) is 1. The van der Waals surface area contributed by atoms with E-state index in [2.05, 4.69) is 29.6 Å². The van der Waals surface area contributed by atoms with E-state index in [0.29, 0.717) is 25.8 Å². The minimum absolute atomic E-state index is 0.00420. The Balaban J connectivity index is 1.20. The summed E-state index contributed by atoms with van der Waals surface area (Å²) in [6.07, 6.45) is 0.860. The molecule has 164 valence electrons. The standard InChI is InChI=1S/C27H27NO4/c29-17-20-13-11-19(12-14-20)16-21(30)6-5-15-28-27(31)32-18-26-24-9-3-1-7-22(24)23-8-2-4-10-25(23)26/h1-4,7-14,26,29H,5-6,15-18H2,(H,28,31). The number of alkyl carbamates (subject to hydrolysis) is 1. The molecule has 3 aromatic rings. The number of carbonyl (C=O) groups is 2. The molecule has 0 fully saturated rings. The number of nitrogens with one attached hydrogen (secondary N) is 1. The molecule has 0 aliphatic heterocycles. The van der Waals surface area contributed by atoms with Crippen molar-refractivity contribution < 1.29 is 19.4 Å². The lowest BCUT2D eigenvalue weighted by atomic mass is 9.98. The number of Topliss-reactive ketones (excluding diaryl/α,β-unsaturated/α-hetero) is 1. The average Bonchev–Trinajstić information content (AvgIpc) is 3.15. The molecule has 1 amide bonds. The Morgan fingerprint density at radius 2 is 1.44 bits per heavy atom. The minimum atomic E-state index is -0.459. The first-order valence-corrected chi connectivity index (χ1v) is 10.9. The van der Waals surface area contributed by atoms with E-state index in [1.54, 1.807) is 0 Å². The van der Waals surface area contributed by atoms with E-state index in [1.807, 2.05) is 48.5 Å². The van der Waals surface area contributed by atoms with Gasteiger partial charge in [-0.1, -0.05) is 72.8 Å². The predicted molar refractivity (Wildman–Crippen MR) is 123 cm³/mol. The van der Waals surface area contributed by atoms with Gasteiger partial charge in [-0.15, -0.1) is 0 Å². The lowest BCUT2D eigenvalue weighted by Crippen LogP contribution is -2.27. The Morgan fingerprint density at radius 1 is 0.844 bits per heavy atom. The molecule has 3 aromatic carbocycles. The van der Waals surface area contributed by atoms with Crippen molar-refractivity contribution in [3.8, 4) is 11.1 Å². The molecule has 1 aliphatic carbocycles. The molecular weight excluding hydrogens is 402 g/mol. The SMILES string of the molecule is O=C(CCCNC(=O)OCC1c2ccccc2-c2ccccc21)Cc1ccc(CO)cc1. The van der Waals surface area contributed by atoms with Gasteiger partial charge in [0.25, 0.3) is 0 Å². The summed E-state index contributed by atoms with van der Waals surface area (Å²) < 4.78 is 5.51. The molecule has 0 heterocycles. The summed E-state index contributed by atoms with van der Waals surface area (Å²) in [6.45, 7) is 0.671. The van der Waals surface area contributed by atoms with Gasteiger partial charge >= 0.3 is 6.09 Å². The van der Waals surface area contributed by atoms with Gasteiger partial charge in [0.1, 0.15) is 12.4 Å². The van der Waals surface area contributed by atoms with Crippen LogP contribution >= 0.6 is 0 Å². The van der Waals surface area contributed by atoms with Crippen molar-refractivity contribution in [1.29, 1.82) is 0 Å². The largest absolute Gasteiger partial charge is 0.449 e. The highest BCUT2D eigenvalue weighted by molar-refractivity contribution is 5.81. The molecule has 32 heavy (non-hydrogen) atoms. The zero-order chi connectivity index (χ0) is 22.3. The highest BCUT2D eigenvalue weighted by atomic mass is 16.5. The fraction of sp³-hybridized carbons (Fsp3) is 0.259. The number of benzene rings is 3. The number of aliphatic hydroxyl groups excluding tert-OH is 1. The van der Waals surface area contributed by atoms with Gasteiger partial charge in [0.05, 0.1) is 6.61 Å². The van der Waals surface area contributed by atoms with Crippen LogP contribution in [-0.4, -0.2) is 30.1 Å². The van der Waals surface area contributed by atoms with Crippen LogP contribution in [0.25, 0.3) is 11.1 Å². The fourth-order valence-electron chi connectivity index (χ4n) is 4.20. The van der Waals surface area contributed by atoms with Gasteiger partial charge in [-0.3, -0.25) is 4.79 Å². The second kappa shape index (κ2) is 10.2. The van der Waals surface area contributed by atoms with Crippen LogP contribution in [0.2, 0.25) is 0 Å². The molecular formula is C27H27NO4. The quantitative estimate of drug-likeness (QED) is 0.487. The summed E-state index contributed by atoms with van der Waals surface area (Å²) in [5.41, 5.74) is 6.51. The van der Waals surface area contributed by atoms with Gasteiger partial charge in [-0.05, 0) is 39.8 Å². The van der Waals surface area contributed by atoms with Gasteiger partial charge < -0.3 is 15.2 Å². The number of aliphatic hydroxyl groups is 1. The number of amides is 1. The minimum Gasteiger partial charge on any atom is -0.449 e. The van der Waals surface area contributed by atoms with Crippen LogP contribution in [0, 0.1) is 0 Å². The Morgan fingerprint density at radius 3 is 2.06 bits per heavy atom. The first kappa shape index (κ1) is 21.8. The first-order valence-electron chi connectivity index (χ1n) is 10.9. The summed E-state index contributed by atoms with van der Waals surface area (Å²) in [4.78, 5) is 24.3. The van der Waals surface area contributed by atoms with Gasteiger partial charge in [0, 0.05) is 25.3 Å². The summed E-state index contributed by atoms with van der Waals surface area (Å²) in [5, 5.41) is 11.8. The van der Waals surface area contributed by atoms with E-state index in [0.717, 1.165) is 11.1 Å². The molecule has 0 unspecified atom stereocenters. The van der Waals surface area contributed by atoms with Crippen LogP contribution in [0.4, 0.5) is 4.79 Å². The van der Waals surface area contributed by atoms with Gasteiger partial charge in [0.2, 0.25) is 0 Å². The Hall–Kier alpha value is -3.44. The van der Waals surface area contributed by atoms with Crippen LogP contribution in [0.5, 0.6) is 0 Å². The van der Waals surface area contributed by atoms with E-state index in [4.69, 9.17) is 9.84 Å². The molecule has 5 heteroatoms. The van der Waals surface area contributed by atoms with Crippen LogP contribution in [0.1, 0.15) is 41.0 Å². The fourth-order valence-corrected chi connectivity index (χ4v) is 4.20. The Kier molecular flexibility index (Phi) is 6.97. The molecule has 2 N–H and O–H groups in total. The first-order chi connectivity index (χ1) is 15.7. The summed E-state index contributed by atoms with van der Waals surface area (Å²) in [5.74, 6) is 0.156. The molecule has 0 saturated heterocycles. The van der Waals surface area contributed by atoms with E-state index >= 15 is 0 Å². The summed E-state index contributed by atoms with van der Waals surface area (Å²) >= 11 is 0. The molecule has 0 aromatic heterocycles. The summed E-state index contributed by atoms with van der Waals surface area (Å²) in [7, 11) is 0. The third-order valence-corrected chi connectivity index (χ3v) is 5.85. The second-order valence-electron chi connectivity index (χ2n) is 8.05. The van der Waals surface area contributed by atoms with Crippen molar-refractivity contribution in [3.63, 3.8) is 0 Å². The molecule has 0 bridgehead atoms. The topological polar surface area (TPSA) is 75.6 Å². The van der Waals surface area contributed by atoms with Crippen molar-refractivity contribution in [2.24, 2.45) is 0 Å². The Labute approximate surface area is 188 Å². The number of hydrogen-bond donors (Lipinski definition) is 2. The smallest absolute Gasteiger partial charge is 0.407 e. The van der Waals surface area contributed by atoms with Crippen molar-refractivity contribution in [2.45, 2.75) is 31.8 Å². The highest BCUT2D eigenvalue weighted by Crippen LogP contribution is 2.44. The van der Waals surface area contributed by atoms with Gasteiger partial charge in [-0.25, -0.2) is 4.79 Å². The van der Waals surface area contributed by atoms with Gasteiger partial charge in [-0.2, -0.15) is 0 Å². The van der Waals surface area contributed by atoms with E-state index in [-0.39, 0.29) is 24.9 Å².